The number of nitrogens with zero attached hydrogens (tertiary/aromatic N) is 2. The highest BCUT2D eigenvalue weighted by molar-refractivity contribution is 5.68. The van der Waals surface area contributed by atoms with Gasteiger partial charge in [0.2, 0.25) is 5.95 Å². The maximum atomic E-state index is 5.21. The summed E-state index contributed by atoms with van der Waals surface area (Å²) in [4.78, 5) is 9.32. The molecule has 3 aromatic carbocycles. The van der Waals surface area contributed by atoms with Crippen LogP contribution in [0.2, 0.25) is 0 Å². The minimum Gasteiger partial charge on any atom is -0.497 e. The van der Waals surface area contributed by atoms with Gasteiger partial charge in [-0.15, -0.1) is 0 Å². The number of methoxy groups -OCH3 is 1. The number of benzene rings is 3. The molecule has 0 radical (unpaired) electrons. The number of rotatable bonds is 6. The fourth-order valence-electron chi connectivity index (χ4n) is 2.80. The highest BCUT2D eigenvalue weighted by Gasteiger charge is 2.08. The van der Waals surface area contributed by atoms with Crippen molar-refractivity contribution >= 4 is 23.1 Å². The molecule has 0 saturated carbocycles. The van der Waals surface area contributed by atoms with Crippen LogP contribution in [0.1, 0.15) is 0 Å². The Balaban J connectivity index is 1.68. The van der Waals surface area contributed by atoms with Gasteiger partial charge >= 0.3 is 0 Å². The van der Waals surface area contributed by atoms with Gasteiger partial charge in [-0.05, 0) is 36.4 Å². The summed E-state index contributed by atoms with van der Waals surface area (Å²) in [5.74, 6) is 2.04. The van der Waals surface area contributed by atoms with Gasteiger partial charge in [0.05, 0.1) is 12.8 Å². The third kappa shape index (κ3) is 4.27. The van der Waals surface area contributed by atoms with Gasteiger partial charge < -0.3 is 15.4 Å². The zero-order valence-corrected chi connectivity index (χ0v) is 15.5. The second-order valence-corrected chi connectivity index (χ2v) is 6.17. The van der Waals surface area contributed by atoms with E-state index in [2.05, 4.69) is 20.6 Å². The van der Waals surface area contributed by atoms with Crippen molar-refractivity contribution in [2.45, 2.75) is 0 Å². The Morgan fingerprint density at radius 2 is 1.32 bits per heavy atom. The van der Waals surface area contributed by atoms with E-state index in [9.17, 15) is 0 Å². The first-order chi connectivity index (χ1) is 13.8. The summed E-state index contributed by atoms with van der Waals surface area (Å²) in [7, 11) is 1.65. The van der Waals surface area contributed by atoms with Crippen LogP contribution in [-0.4, -0.2) is 17.1 Å². The summed E-state index contributed by atoms with van der Waals surface area (Å²) in [6.45, 7) is 0. The molecule has 0 aliphatic carbocycles. The Kier molecular flexibility index (Phi) is 5.15. The van der Waals surface area contributed by atoms with E-state index in [1.54, 1.807) is 7.11 Å². The lowest BCUT2D eigenvalue weighted by atomic mass is 10.1. The van der Waals surface area contributed by atoms with E-state index >= 15 is 0 Å². The quantitative estimate of drug-likeness (QED) is 0.461. The minimum atomic E-state index is 0.518. The third-order valence-electron chi connectivity index (χ3n) is 4.19. The van der Waals surface area contributed by atoms with E-state index in [-0.39, 0.29) is 0 Å². The Labute approximate surface area is 164 Å². The molecule has 0 aliphatic heterocycles. The van der Waals surface area contributed by atoms with Crippen molar-refractivity contribution in [1.29, 1.82) is 0 Å². The molecule has 2 N–H and O–H groups in total. The molecule has 4 rings (SSSR count). The number of anilines is 4. The van der Waals surface area contributed by atoms with Crippen LogP contribution in [0.5, 0.6) is 5.75 Å². The Hall–Kier alpha value is -3.86. The van der Waals surface area contributed by atoms with E-state index in [4.69, 9.17) is 4.74 Å². The molecule has 138 valence electrons. The Bertz CT molecular complexity index is 1040. The van der Waals surface area contributed by atoms with Crippen molar-refractivity contribution in [2.75, 3.05) is 17.7 Å². The number of nitrogens with one attached hydrogen (secondary N) is 2. The zero-order valence-electron chi connectivity index (χ0n) is 15.5. The van der Waals surface area contributed by atoms with Crippen LogP contribution in [-0.2, 0) is 0 Å². The minimum absolute atomic E-state index is 0.518. The second kappa shape index (κ2) is 8.22. The lowest BCUT2D eigenvalue weighted by Crippen LogP contribution is -2.02. The van der Waals surface area contributed by atoms with Gasteiger partial charge in [-0.1, -0.05) is 48.5 Å². The molecular weight excluding hydrogens is 348 g/mol. The maximum absolute atomic E-state index is 5.21. The number of aromatic nitrogens is 2. The topological polar surface area (TPSA) is 59.1 Å². The van der Waals surface area contributed by atoms with Crippen molar-refractivity contribution in [1.82, 2.24) is 9.97 Å². The normalized spacial score (nSPS) is 10.3. The van der Waals surface area contributed by atoms with Crippen molar-refractivity contribution in [3.05, 3.63) is 91.0 Å². The molecule has 0 bridgehead atoms. The average molecular weight is 368 g/mol. The fraction of sp³-hybridized carbons (Fsp3) is 0.0435. The van der Waals surface area contributed by atoms with Crippen LogP contribution >= 0.6 is 0 Å². The van der Waals surface area contributed by atoms with Crippen molar-refractivity contribution in [3.63, 3.8) is 0 Å². The SMILES string of the molecule is COc1ccc(Nc2nc(Nc3ccccc3)cc(-c3ccccc3)n2)cc1. The molecule has 5 heteroatoms. The first-order valence-electron chi connectivity index (χ1n) is 8.98. The Morgan fingerprint density at radius 1 is 0.679 bits per heavy atom. The zero-order chi connectivity index (χ0) is 19.2. The highest BCUT2D eigenvalue weighted by atomic mass is 16.5. The van der Waals surface area contributed by atoms with Gasteiger partial charge in [-0.25, -0.2) is 4.98 Å². The van der Waals surface area contributed by atoms with Crippen molar-refractivity contribution in [2.24, 2.45) is 0 Å². The number of hydrogen-bond acceptors (Lipinski definition) is 5. The Morgan fingerprint density at radius 3 is 2.00 bits per heavy atom. The van der Waals surface area contributed by atoms with Gasteiger partial charge in [0.15, 0.2) is 0 Å². The molecule has 5 nitrogen and oxygen atoms in total. The molecular formula is C23H20N4O. The van der Waals surface area contributed by atoms with Gasteiger partial charge in [0.1, 0.15) is 11.6 Å². The van der Waals surface area contributed by atoms with E-state index in [1.807, 2.05) is 91.0 Å². The molecule has 0 fully saturated rings. The van der Waals surface area contributed by atoms with Gasteiger partial charge in [-0.3, -0.25) is 0 Å². The van der Waals surface area contributed by atoms with Crippen LogP contribution in [0.25, 0.3) is 11.3 Å². The molecule has 0 unspecified atom stereocenters. The molecule has 28 heavy (non-hydrogen) atoms. The number of ether oxygens (including phenoxy) is 1. The summed E-state index contributed by atoms with van der Waals surface area (Å²) in [5.41, 5.74) is 3.72. The molecule has 0 spiro atoms. The van der Waals surface area contributed by atoms with E-state index in [0.717, 1.165) is 34.2 Å². The molecule has 4 aromatic rings. The van der Waals surface area contributed by atoms with Gasteiger partial charge in [0.25, 0.3) is 0 Å². The van der Waals surface area contributed by atoms with E-state index < -0.39 is 0 Å². The van der Waals surface area contributed by atoms with Gasteiger partial charge in [-0.2, -0.15) is 4.98 Å². The number of para-hydroxylation sites is 1. The largest absolute Gasteiger partial charge is 0.497 e. The monoisotopic (exact) mass is 368 g/mol. The second-order valence-electron chi connectivity index (χ2n) is 6.17. The summed E-state index contributed by atoms with van der Waals surface area (Å²) in [6, 6.07) is 29.6. The smallest absolute Gasteiger partial charge is 0.229 e. The summed E-state index contributed by atoms with van der Waals surface area (Å²) >= 11 is 0. The standard InChI is InChI=1S/C23H20N4O/c1-28-20-14-12-19(13-15-20)25-23-26-21(17-8-4-2-5-9-17)16-22(27-23)24-18-10-6-3-7-11-18/h2-16H,1H3,(H2,24,25,26,27). The van der Waals surface area contributed by atoms with Gasteiger partial charge in [0, 0.05) is 23.0 Å². The fourth-order valence-corrected chi connectivity index (χ4v) is 2.80. The third-order valence-corrected chi connectivity index (χ3v) is 4.19. The van der Waals surface area contributed by atoms with Crippen LogP contribution in [0.4, 0.5) is 23.1 Å². The van der Waals surface area contributed by atoms with E-state index in [0.29, 0.717) is 5.95 Å². The number of hydrogen-bond donors (Lipinski definition) is 2. The molecule has 0 aliphatic rings. The summed E-state index contributed by atoms with van der Waals surface area (Å²) in [5, 5.41) is 6.62. The van der Waals surface area contributed by atoms with E-state index in [1.165, 1.54) is 0 Å². The molecule has 1 heterocycles. The lowest BCUT2D eigenvalue weighted by Gasteiger charge is -2.12. The summed E-state index contributed by atoms with van der Waals surface area (Å²) in [6.07, 6.45) is 0. The van der Waals surface area contributed by atoms with Crippen LogP contribution in [0, 0.1) is 0 Å². The van der Waals surface area contributed by atoms with Crippen LogP contribution in [0.15, 0.2) is 91.0 Å². The predicted octanol–water partition coefficient (Wildman–Crippen LogP) is 5.64. The first-order valence-corrected chi connectivity index (χ1v) is 8.98. The van der Waals surface area contributed by atoms with Crippen LogP contribution in [0.3, 0.4) is 0 Å². The predicted molar refractivity (Wildman–Crippen MR) is 113 cm³/mol. The molecule has 1 aromatic heterocycles. The van der Waals surface area contributed by atoms with Crippen molar-refractivity contribution in [3.8, 4) is 17.0 Å². The maximum Gasteiger partial charge on any atom is 0.229 e. The lowest BCUT2D eigenvalue weighted by molar-refractivity contribution is 0.415. The highest BCUT2D eigenvalue weighted by Crippen LogP contribution is 2.25. The first kappa shape index (κ1) is 17.5. The molecule has 0 amide bonds. The molecule has 0 saturated heterocycles. The molecule has 0 atom stereocenters. The summed E-state index contributed by atoms with van der Waals surface area (Å²) < 4.78 is 5.21. The van der Waals surface area contributed by atoms with Crippen molar-refractivity contribution < 1.29 is 4.74 Å². The average Bonchev–Trinajstić information content (AvgIpc) is 2.75. The van der Waals surface area contributed by atoms with Crippen LogP contribution < -0.4 is 15.4 Å².